The zero-order valence-corrected chi connectivity index (χ0v) is 13.7. The maximum atomic E-state index is 8.92. The summed E-state index contributed by atoms with van der Waals surface area (Å²) in [4.78, 5) is 4.87. The van der Waals surface area contributed by atoms with Crippen molar-refractivity contribution in [3.8, 4) is 0 Å². The van der Waals surface area contributed by atoms with Gasteiger partial charge in [-0.2, -0.15) is 0 Å². The van der Waals surface area contributed by atoms with Crippen molar-refractivity contribution in [1.82, 2.24) is 9.80 Å². The van der Waals surface area contributed by atoms with Gasteiger partial charge >= 0.3 is 0 Å². The van der Waals surface area contributed by atoms with E-state index >= 15 is 0 Å². The van der Waals surface area contributed by atoms with Gasteiger partial charge in [-0.3, -0.25) is 9.80 Å². The Morgan fingerprint density at radius 1 is 0.700 bits per heavy atom. The highest BCUT2D eigenvalue weighted by Crippen LogP contribution is 2.11. The monoisotopic (exact) mass is 284 g/mol. The smallest absolute Gasteiger partial charge is 0.0558 e. The van der Waals surface area contributed by atoms with E-state index in [4.69, 9.17) is 5.11 Å². The van der Waals surface area contributed by atoms with Crippen molar-refractivity contribution < 1.29 is 5.11 Å². The summed E-state index contributed by atoms with van der Waals surface area (Å²) in [6.45, 7) is 8.07. The van der Waals surface area contributed by atoms with Crippen molar-refractivity contribution in [2.24, 2.45) is 0 Å². The normalized spacial score (nSPS) is 17.1. The Kier molecular flexibility index (Phi) is 11.3. The highest BCUT2D eigenvalue weighted by molar-refractivity contribution is 4.70. The molecular weight excluding hydrogens is 248 g/mol. The van der Waals surface area contributed by atoms with Crippen LogP contribution in [-0.2, 0) is 0 Å². The first kappa shape index (κ1) is 17.9. The lowest BCUT2D eigenvalue weighted by Crippen LogP contribution is -2.28. The summed E-state index contributed by atoms with van der Waals surface area (Å²) in [6.07, 6.45) is 14.1. The van der Waals surface area contributed by atoms with Crippen LogP contribution in [0.3, 0.4) is 0 Å². The molecule has 0 spiro atoms. The average Bonchev–Trinajstić information content (AvgIpc) is 2.89. The van der Waals surface area contributed by atoms with Gasteiger partial charge in [0.15, 0.2) is 0 Å². The highest BCUT2D eigenvalue weighted by Gasteiger charge is 2.17. The summed E-state index contributed by atoms with van der Waals surface area (Å²) in [5, 5.41) is 8.92. The highest BCUT2D eigenvalue weighted by atomic mass is 16.3. The van der Waals surface area contributed by atoms with Crippen molar-refractivity contribution in [2.45, 2.75) is 71.1 Å². The summed E-state index contributed by atoms with van der Waals surface area (Å²) in [5.74, 6) is 0. The number of nitrogens with zero attached hydrogens (tertiary/aromatic N) is 2. The number of β-amino-alcohol motifs (C(OH)–C–C–N with tert-alkyl or cyclic N) is 1. The molecule has 120 valence electrons. The molecule has 0 bridgehead atoms. The minimum absolute atomic E-state index is 0.298. The molecule has 1 fully saturated rings. The topological polar surface area (TPSA) is 26.7 Å². The fraction of sp³-hybridized carbons (Fsp3) is 1.00. The molecule has 0 unspecified atom stereocenters. The Hall–Kier alpha value is -0.120. The Balaban J connectivity index is 1.79. The predicted molar refractivity (Wildman–Crippen MR) is 86.9 cm³/mol. The van der Waals surface area contributed by atoms with Gasteiger partial charge in [-0.05, 0) is 13.0 Å². The molecule has 0 aromatic rings. The number of aliphatic hydroxyl groups is 1. The van der Waals surface area contributed by atoms with Crippen LogP contribution in [0.15, 0.2) is 0 Å². The van der Waals surface area contributed by atoms with Gasteiger partial charge in [0.1, 0.15) is 0 Å². The summed E-state index contributed by atoms with van der Waals surface area (Å²) < 4.78 is 0. The molecule has 3 nitrogen and oxygen atoms in total. The molecule has 0 saturated carbocycles. The quantitative estimate of drug-likeness (QED) is 0.525. The zero-order chi connectivity index (χ0) is 14.5. The molecule has 1 rings (SSSR count). The lowest BCUT2D eigenvalue weighted by molar-refractivity contribution is 0.191. The van der Waals surface area contributed by atoms with Gasteiger partial charge in [-0.1, -0.05) is 64.7 Å². The molecule has 1 N–H and O–H groups in total. The van der Waals surface area contributed by atoms with Crippen LogP contribution in [0.5, 0.6) is 0 Å². The number of hydrogen-bond acceptors (Lipinski definition) is 3. The molecule has 0 radical (unpaired) electrons. The van der Waals surface area contributed by atoms with Gasteiger partial charge in [0.05, 0.1) is 13.3 Å². The third kappa shape index (κ3) is 8.93. The number of unbranched alkanes of at least 4 members (excludes halogenated alkanes) is 9. The van der Waals surface area contributed by atoms with Crippen molar-refractivity contribution in [3.05, 3.63) is 0 Å². The van der Waals surface area contributed by atoms with E-state index in [-0.39, 0.29) is 0 Å². The van der Waals surface area contributed by atoms with Crippen LogP contribution in [-0.4, -0.2) is 54.4 Å². The molecule has 20 heavy (non-hydrogen) atoms. The Bertz CT molecular complexity index is 211. The maximum absolute atomic E-state index is 8.92. The molecule has 0 aromatic heterocycles. The largest absolute Gasteiger partial charge is 0.395 e. The standard InChI is InChI=1S/C17H36N2O/c1-2-3-4-5-6-7-8-9-10-11-12-18-13-14-19(17-18)15-16-20/h20H,2-17H2,1H3. The zero-order valence-electron chi connectivity index (χ0n) is 13.7. The molecule has 0 aromatic carbocycles. The van der Waals surface area contributed by atoms with Crippen molar-refractivity contribution in [3.63, 3.8) is 0 Å². The minimum Gasteiger partial charge on any atom is -0.395 e. The van der Waals surface area contributed by atoms with Crippen LogP contribution < -0.4 is 0 Å². The fourth-order valence-electron chi connectivity index (χ4n) is 3.04. The van der Waals surface area contributed by atoms with Crippen LogP contribution in [0.1, 0.15) is 71.1 Å². The first-order chi connectivity index (χ1) is 9.86. The molecule has 3 heteroatoms. The molecule has 0 amide bonds. The summed E-state index contributed by atoms with van der Waals surface area (Å²) in [6, 6.07) is 0. The minimum atomic E-state index is 0.298. The van der Waals surface area contributed by atoms with E-state index in [0.29, 0.717) is 6.61 Å². The van der Waals surface area contributed by atoms with Gasteiger partial charge in [-0.25, -0.2) is 0 Å². The van der Waals surface area contributed by atoms with Crippen LogP contribution in [0.25, 0.3) is 0 Å². The van der Waals surface area contributed by atoms with E-state index in [1.807, 2.05) is 0 Å². The van der Waals surface area contributed by atoms with Crippen LogP contribution >= 0.6 is 0 Å². The fourth-order valence-corrected chi connectivity index (χ4v) is 3.04. The second-order valence-corrected chi connectivity index (χ2v) is 6.28. The number of aliphatic hydroxyl groups excluding tert-OH is 1. The van der Waals surface area contributed by atoms with Crippen LogP contribution in [0.2, 0.25) is 0 Å². The third-order valence-corrected chi connectivity index (χ3v) is 4.38. The predicted octanol–water partition coefficient (Wildman–Crippen LogP) is 3.47. The molecule has 0 atom stereocenters. The van der Waals surface area contributed by atoms with Crippen molar-refractivity contribution >= 4 is 0 Å². The van der Waals surface area contributed by atoms with E-state index in [1.54, 1.807) is 0 Å². The van der Waals surface area contributed by atoms with E-state index in [9.17, 15) is 0 Å². The lowest BCUT2D eigenvalue weighted by Gasteiger charge is -2.16. The van der Waals surface area contributed by atoms with E-state index in [1.165, 1.54) is 77.3 Å². The molecule has 1 heterocycles. The van der Waals surface area contributed by atoms with Gasteiger partial charge in [0.25, 0.3) is 0 Å². The van der Waals surface area contributed by atoms with Gasteiger partial charge in [0, 0.05) is 19.6 Å². The molecule has 1 aliphatic heterocycles. The van der Waals surface area contributed by atoms with E-state index in [0.717, 1.165) is 19.8 Å². The first-order valence-corrected chi connectivity index (χ1v) is 8.92. The molecule has 0 aliphatic carbocycles. The van der Waals surface area contributed by atoms with Crippen LogP contribution in [0, 0.1) is 0 Å². The average molecular weight is 284 g/mol. The molecule has 1 aliphatic rings. The number of hydrogen-bond donors (Lipinski definition) is 1. The second-order valence-electron chi connectivity index (χ2n) is 6.28. The Morgan fingerprint density at radius 3 is 1.75 bits per heavy atom. The SMILES string of the molecule is CCCCCCCCCCCCN1CCN(CCO)C1. The van der Waals surface area contributed by atoms with E-state index in [2.05, 4.69) is 16.7 Å². The van der Waals surface area contributed by atoms with Crippen LogP contribution in [0.4, 0.5) is 0 Å². The van der Waals surface area contributed by atoms with Crippen molar-refractivity contribution in [2.75, 3.05) is 39.5 Å². The second kappa shape index (κ2) is 12.6. The number of rotatable bonds is 13. The Morgan fingerprint density at radius 2 is 1.20 bits per heavy atom. The first-order valence-electron chi connectivity index (χ1n) is 8.92. The summed E-state index contributed by atoms with van der Waals surface area (Å²) in [7, 11) is 0. The van der Waals surface area contributed by atoms with Gasteiger partial charge in [-0.15, -0.1) is 0 Å². The van der Waals surface area contributed by atoms with Gasteiger partial charge < -0.3 is 5.11 Å². The van der Waals surface area contributed by atoms with Crippen molar-refractivity contribution in [1.29, 1.82) is 0 Å². The van der Waals surface area contributed by atoms with Gasteiger partial charge in [0.2, 0.25) is 0 Å². The summed E-state index contributed by atoms with van der Waals surface area (Å²) in [5.41, 5.74) is 0. The molecular formula is C17H36N2O. The maximum Gasteiger partial charge on any atom is 0.0558 e. The summed E-state index contributed by atoms with van der Waals surface area (Å²) >= 11 is 0. The molecule has 1 saturated heterocycles. The third-order valence-electron chi connectivity index (χ3n) is 4.38. The van der Waals surface area contributed by atoms with E-state index < -0.39 is 0 Å². The lowest BCUT2D eigenvalue weighted by atomic mass is 10.1. The Labute approximate surface area is 126 Å².